The van der Waals surface area contributed by atoms with Gasteiger partial charge in [0.2, 0.25) is 11.7 Å². The normalized spacial score (nSPS) is 15.2. The van der Waals surface area contributed by atoms with Gasteiger partial charge < -0.3 is 33.9 Å². The van der Waals surface area contributed by atoms with Gasteiger partial charge in [-0.1, -0.05) is 49.4 Å². The topological polar surface area (TPSA) is 158 Å². The first-order valence-electron chi connectivity index (χ1n) is 20.4. The molecule has 1 saturated carbocycles. The van der Waals surface area contributed by atoms with E-state index in [-0.39, 0.29) is 85.8 Å². The van der Waals surface area contributed by atoms with Gasteiger partial charge in [0.25, 0.3) is 11.5 Å². The molecular weight excluding hydrogens is 808 g/mol. The molecule has 15 nitrogen and oxygen atoms in total. The summed E-state index contributed by atoms with van der Waals surface area (Å²) < 4.78 is 61.3. The number of hydrogen-bond donors (Lipinski definition) is 1. The van der Waals surface area contributed by atoms with Crippen molar-refractivity contribution in [2.75, 3.05) is 36.4 Å². The Bertz CT molecular complexity index is 2750. The lowest BCUT2D eigenvalue weighted by Crippen LogP contribution is -2.51. The Labute approximate surface area is 353 Å². The first-order valence-corrected chi connectivity index (χ1v) is 20.4. The number of nitrogens with zero attached hydrogens (tertiary/aromatic N) is 8. The van der Waals surface area contributed by atoms with Crippen molar-refractivity contribution >= 4 is 29.0 Å². The second-order valence-electron chi connectivity index (χ2n) is 15.4. The molecule has 0 spiro atoms. The summed E-state index contributed by atoms with van der Waals surface area (Å²) in [7, 11) is 0. The second kappa shape index (κ2) is 16.6. The van der Waals surface area contributed by atoms with E-state index in [1.165, 1.54) is 16.9 Å². The van der Waals surface area contributed by atoms with E-state index < -0.39 is 23.2 Å². The van der Waals surface area contributed by atoms with Gasteiger partial charge in [0.15, 0.2) is 17.3 Å². The summed E-state index contributed by atoms with van der Waals surface area (Å²) in [6.07, 6.45) is -1.83. The van der Waals surface area contributed by atoms with Gasteiger partial charge in [-0.3, -0.25) is 14.4 Å². The van der Waals surface area contributed by atoms with Crippen LogP contribution < -0.4 is 25.2 Å². The zero-order valence-electron chi connectivity index (χ0n) is 33.9. The molecular formula is C44H42F3N9O6. The van der Waals surface area contributed by atoms with E-state index in [2.05, 4.69) is 20.4 Å². The molecule has 5 heterocycles. The maximum Gasteiger partial charge on any atom is 0.416 e. The van der Waals surface area contributed by atoms with Crippen LogP contribution in [0.5, 0.6) is 11.5 Å². The van der Waals surface area contributed by atoms with Crippen molar-refractivity contribution in [1.82, 2.24) is 34.0 Å². The van der Waals surface area contributed by atoms with E-state index >= 15 is 0 Å². The van der Waals surface area contributed by atoms with Crippen molar-refractivity contribution in [3.63, 3.8) is 0 Å². The van der Waals surface area contributed by atoms with Crippen LogP contribution in [0.25, 0.3) is 17.2 Å². The van der Waals surface area contributed by atoms with Gasteiger partial charge in [-0.15, -0.1) is 5.10 Å². The smallest absolute Gasteiger partial charge is 0.416 e. The first-order chi connectivity index (χ1) is 29.9. The first kappa shape index (κ1) is 40.6. The van der Waals surface area contributed by atoms with Gasteiger partial charge >= 0.3 is 6.18 Å². The number of aryl methyl sites for hydroxylation is 1. The van der Waals surface area contributed by atoms with Crippen molar-refractivity contribution in [3.8, 4) is 22.9 Å². The number of hydrogen-bond acceptors (Lipinski definition) is 11. The summed E-state index contributed by atoms with van der Waals surface area (Å²) in [5.74, 6) is -0.348. The Morgan fingerprint density at radius 1 is 0.952 bits per heavy atom. The van der Waals surface area contributed by atoms with Gasteiger partial charge in [0.1, 0.15) is 30.9 Å². The quantitative estimate of drug-likeness (QED) is 0.154. The number of carbonyl (C=O) groups excluding carboxylic acids is 2. The molecule has 1 aliphatic carbocycles. The Balaban J connectivity index is 1.03. The number of piperazine rings is 1. The van der Waals surface area contributed by atoms with E-state index in [1.807, 2.05) is 60.4 Å². The molecule has 0 unspecified atom stereocenters. The molecule has 2 amide bonds. The number of carbonyl (C=O) groups is 2. The average molecular weight is 850 g/mol. The highest BCUT2D eigenvalue weighted by Gasteiger charge is 2.34. The number of halogens is 3. The minimum Gasteiger partial charge on any atom is -0.488 e. The zero-order valence-corrected chi connectivity index (χ0v) is 33.9. The summed E-state index contributed by atoms with van der Waals surface area (Å²) in [5, 5.41) is 7.42. The fourth-order valence-electron chi connectivity index (χ4n) is 7.76. The number of benzene rings is 3. The van der Waals surface area contributed by atoms with Crippen LogP contribution in [-0.4, -0.2) is 78.1 Å². The zero-order chi connectivity index (χ0) is 43.1. The number of nitrogens with one attached hydrogen (secondary N) is 1. The predicted octanol–water partition coefficient (Wildman–Crippen LogP) is 5.99. The van der Waals surface area contributed by atoms with Crippen LogP contribution in [0.4, 0.5) is 24.5 Å². The summed E-state index contributed by atoms with van der Waals surface area (Å²) in [6.45, 7) is 5.37. The third-order valence-corrected chi connectivity index (χ3v) is 11.1. The standard InChI is InChI=1S/C44H42F3N9O6/c1-3-34-38(53-15-17-54(18-16-53)41(58)37-39(26(2)48-25-49-37)61-22-27-7-5-4-6-8-27)42(59)56-43(51-40(52-56)28-9-10-29-23-60-24-30(29)19-28)55(34)21-36(57)50-33-14-11-31(44(45,46)47)20-35(33)62-32-12-13-32/h4-11,14,19-20,25,32H,3,12-13,15-18,21-24H2,1-2H3,(H,50,57). The minimum atomic E-state index is -4.61. The Kier molecular flexibility index (Phi) is 10.8. The maximum atomic E-state index is 14.6. The van der Waals surface area contributed by atoms with Gasteiger partial charge in [-0.05, 0) is 67.1 Å². The molecule has 1 N–H and O–H groups in total. The average Bonchev–Trinajstić information content (AvgIpc) is 3.76. The van der Waals surface area contributed by atoms with E-state index in [4.69, 9.17) is 19.2 Å². The van der Waals surface area contributed by atoms with Crippen molar-refractivity contribution in [2.24, 2.45) is 0 Å². The molecule has 1 saturated heterocycles. The second-order valence-corrected chi connectivity index (χ2v) is 15.4. The fraction of sp³-hybridized carbons (Fsp3) is 0.341. The van der Waals surface area contributed by atoms with Crippen LogP contribution in [0.15, 0.2) is 77.9 Å². The SMILES string of the molecule is CCc1c(N2CCN(C(=O)c3ncnc(C)c3OCc3ccccc3)CC2)c(=O)n2nc(-c3ccc4c(c3)COC4)nc2n1CC(=O)Nc1ccc(C(F)(F)F)cc1OC1CC1. The summed E-state index contributed by atoms with van der Waals surface area (Å²) in [5.41, 5.74) is 3.76. The molecule has 3 aliphatic rings. The van der Waals surface area contributed by atoms with Crippen LogP contribution >= 0.6 is 0 Å². The monoisotopic (exact) mass is 849 g/mol. The fourth-order valence-corrected chi connectivity index (χ4v) is 7.76. The lowest BCUT2D eigenvalue weighted by molar-refractivity contribution is -0.137. The Morgan fingerprint density at radius 3 is 2.47 bits per heavy atom. The van der Waals surface area contributed by atoms with Gasteiger partial charge in [-0.25, -0.2) is 9.97 Å². The highest BCUT2D eigenvalue weighted by Crippen LogP contribution is 2.38. The van der Waals surface area contributed by atoms with E-state index in [9.17, 15) is 27.6 Å². The number of aromatic nitrogens is 6. The molecule has 2 fully saturated rings. The summed E-state index contributed by atoms with van der Waals surface area (Å²) in [4.78, 5) is 59.5. The lowest BCUT2D eigenvalue weighted by atomic mass is 10.1. The molecule has 2 aliphatic heterocycles. The summed E-state index contributed by atoms with van der Waals surface area (Å²) >= 11 is 0. The van der Waals surface area contributed by atoms with Crippen molar-refractivity contribution in [2.45, 2.75) is 71.8 Å². The number of fused-ring (bicyclic) bond motifs is 2. The molecule has 6 aromatic rings. The third kappa shape index (κ3) is 8.16. The molecule has 3 aromatic heterocycles. The summed E-state index contributed by atoms with van der Waals surface area (Å²) in [6, 6.07) is 18.2. The lowest BCUT2D eigenvalue weighted by Gasteiger charge is -2.36. The van der Waals surface area contributed by atoms with E-state index in [0.717, 1.165) is 28.8 Å². The third-order valence-electron chi connectivity index (χ3n) is 11.1. The predicted molar refractivity (Wildman–Crippen MR) is 220 cm³/mol. The van der Waals surface area contributed by atoms with Crippen LogP contribution in [-0.2, 0) is 48.5 Å². The number of amides is 2. The van der Waals surface area contributed by atoms with Crippen molar-refractivity contribution < 1.29 is 37.0 Å². The van der Waals surface area contributed by atoms with Crippen LogP contribution in [0.1, 0.15) is 63.9 Å². The molecule has 0 radical (unpaired) electrons. The highest BCUT2D eigenvalue weighted by molar-refractivity contribution is 5.95. The van der Waals surface area contributed by atoms with Crippen LogP contribution in [0, 0.1) is 6.92 Å². The van der Waals surface area contributed by atoms with Gasteiger partial charge in [-0.2, -0.15) is 22.7 Å². The number of rotatable bonds is 12. The largest absolute Gasteiger partial charge is 0.488 e. The number of alkyl halides is 3. The van der Waals surface area contributed by atoms with Crippen molar-refractivity contribution in [1.29, 1.82) is 0 Å². The number of ether oxygens (including phenoxy) is 3. The number of anilines is 2. The molecule has 62 heavy (non-hydrogen) atoms. The van der Waals surface area contributed by atoms with Crippen LogP contribution in [0.2, 0.25) is 0 Å². The minimum absolute atomic E-state index is 0.0816. The van der Waals surface area contributed by atoms with Crippen molar-refractivity contribution in [3.05, 3.63) is 123 Å². The highest BCUT2D eigenvalue weighted by atomic mass is 19.4. The van der Waals surface area contributed by atoms with Gasteiger partial charge in [0, 0.05) is 31.7 Å². The van der Waals surface area contributed by atoms with E-state index in [0.29, 0.717) is 55.2 Å². The molecule has 0 atom stereocenters. The Morgan fingerprint density at radius 2 is 1.73 bits per heavy atom. The molecule has 18 heteroatoms. The molecule has 320 valence electrons. The van der Waals surface area contributed by atoms with E-state index in [1.54, 1.807) is 16.4 Å². The van der Waals surface area contributed by atoms with Gasteiger partial charge in [0.05, 0.1) is 42.0 Å². The molecule has 9 rings (SSSR count). The molecule has 0 bridgehead atoms. The van der Waals surface area contributed by atoms with Crippen LogP contribution in [0.3, 0.4) is 0 Å². The Hall–Kier alpha value is -6.82. The maximum absolute atomic E-state index is 14.6. The molecule has 3 aromatic carbocycles.